The first kappa shape index (κ1) is 92.4. The molecule has 21 atom stereocenters. The molecule has 0 saturated carbocycles. The van der Waals surface area contributed by atoms with E-state index in [0.717, 1.165) is 0 Å². The number of amides is 4. The molecular formula is C67H112N18O29. The first-order valence-electron chi connectivity index (χ1n) is 37.8. The highest BCUT2D eigenvalue weighted by atomic mass is 16.7. The standard InChI is InChI=1S/C67H112N18O29/c1-38(90)68-52-47(111-48(34-86)56(94)60(52)98)9-7-15-104-16-11-82-30-42(72-76-82)26-80(27-43-31-83(77-73-43)12-17-105-20-23-108-65-53(69-39(2)91)61(99)57(95)49(35-87)112-65)10-6-5-8-46(64(102)103)81(28-44-32-84(78-74-44)13-18-106-21-24-109-66-54(70-40(3)92)62(100)58(96)50(36-88)113-66)29-45-33-85(79-75-45)14-19-107-22-25-110-67-55(71-41(4)93)63(101)59(97)51(37-89)114-67/h30-33,46-63,65-67,86-89,94-101H,5-29,34-37H2,1-4H3,(H,68,90)(H,69,91)(H,70,92)(H,71,93)(H,102,103)/t46-,47-,48+,49+,50+,51+,52-,53+,54+,55+,56-,57-,58-,59-,60+,61+,62+,63+,65+,66+,67+/m0/s1. The van der Waals surface area contributed by atoms with Crippen LogP contribution in [0.15, 0.2) is 24.8 Å². The Labute approximate surface area is 654 Å². The van der Waals surface area contributed by atoms with Gasteiger partial charge in [0.15, 0.2) is 18.9 Å². The Hall–Kier alpha value is -7.09. The SMILES string of the molecule is CC(=O)N[C@@H]1[C@@H](O)[C@@H](O)[C@@H](CO)O[C@H]1CCCOCCn1cc(CN(CCCC[C@@H](C(=O)O)N(Cc2cn(CCOCCO[C@@H]3O[C@H](CO)[C@H](O)[C@H](O)[C@H]3NC(C)=O)nn2)Cc2cn(CCOCCO[C@@H]3O[C@H](CO)[C@H](O)[C@H](O)[C@H]3NC(C)=O)nn2)Cc2cn(CCOCCO[C@@H]3O[C@H](CO)[C@H](O)[C@H](O)[C@H]3NC(C)=O)nn2)nn1. The fraction of sp³-hybridized carbons (Fsp3) is 0.806. The molecule has 0 aliphatic carbocycles. The fourth-order valence-electron chi connectivity index (χ4n) is 13.4. The quantitative estimate of drug-likeness (QED) is 0.0183. The van der Waals surface area contributed by atoms with Crippen LogP contribution in [0.25, 0.3) is 0 Å². The van der Waals surface area contributed by atoms with E-state index in [9.17, 15) is 90.4 Å². The summed E-state index contributed by atoms with van der Waals surface area (Å²) in [6.07, 6.45) is -12.0. The molecule has 8 rings (SSSR count). The van der Waals surface area contributed by atoms with Crippen molar-refractivity contribution in [2.45, 2.75) is 241 Å². The molecule has 4 fully saturated rings. The smallest absolute Gasteiger partial charge is 0.320 e. The lowest BCUT2D eigenvalue weighted by Crippen LogP contribution is -2.64. The number of unbranched alkanes of at least 4 members (excludes halogenated alkanes) is 1. The van der Waals surface area contributed by atoms with Crippen molar-refractivity contribution in [3.05, 3.63) is 47.6 Å². The Morgan fingerprint density at radius 1 is 0.404 bits per heavy atom. The number of carbonyl (C=O) groups excluding carboxylic acids is 4. The van der Waals surface area contributed by atoms with E-state index in [1.54, 1.807) is 39.1 Å². The molecular weight excluding hydrogens is 1520 g/mol. The molecule has 0 unspecified atom stereocenters. The van der Waals surface area contributed by atoms with Gasteiger partial charge in [-0.15, -0.1) is 20.4 Å². The lowest BCUT2D eigenvalue weighted by Gasteiger charge is -2.42. The summed E-state index contributed by atoms with van der Waals surface area (Å²) in [5, 5.41) is 179. The third kappa shape index (κ3) is 28.3. The average Bonchev–Trinajstić information content (AvgIpc) is 0.994. The number of nitrogens with one attached hydrogen (secondary N) is 4. The van der Waals surface area contributed by atoms with Gasteiger partial charge in [-0.25, -0.2) is 18.7 Å². The molecule has 4 aliphatic rings. The summed E-state index contributed by atoms with van der Waals surface area (Å²) >= 11 is 0. The zero-order valence-corrected chi connectivity index (χ0v) is 64.0. The Balaban J connectivity index is 0.895. The van der Waals surface area contributed by atoms with E-state index in [0.29, 0.717) is 61.5 Å². The predicted molar refractivity (Wildman–Crippen MR) is 381 cm³/mol. The summed E-state index contributed by atoms with van der Waals surface area (Å²) < 4.78 is 69.5. The molecule has 4 saturated heterocycles. The number of carbonyl (C=O) groups is 5. The fourth-order valence-corrected chi connectivity index (χ4v) is 13.4. The second-order valence-electron chi connectivity index (χ2n) is 28.0. The van der Waals surface area contributed by atoms with Crippen LogP contribution in [0.2, 0.25) is 0 Å². The van der Waals surface area contributed by atoms with Gasteiger partial charge in [-0.3, -0.25) is 33.8 Å². The third-order valence-corrected chi connectivity index (χ3v) is 19.1. The number of hydrogen-bond acceptors (Lipinski definition) is 38. The number of aliphatic hydroxyl groups is 12. The van der Waals surface area contributed by atoms with Gasteiger partial charge < -0.3 is 140 Å². The zero-order chi connectivity index (χ0) is 82.4. The summed E-state index contributed by atoms with van der Waals surface area (Å²) in [7, 11) is 0. The summed E-state index contributed by atoms with van der Waals surface area (Å²) in [6.45, 7) is 5.19. The van der Waals surface area contributed by atoms with Gasteiger partial charge in [0.05, 0.1) is 154 Å². The van der Waals surface area contributed by atoms with Crippen molar-refractivity contribution in [2.24, 2.45) is 0 Å². The van der Waals surface area contributed by atoms with Gasteiger partial charge in [-0.1, -0.05) is 27.3 Å². The summed E-state index contributed by atoms with van der Waals surface area (Å²) in [5.41, 5.74) is 1.95. The van der Waals surface area contributed by atoms with Crippen LogP contribution in [0.3, 0.4) is 0 Å². The number of carboxylic acids is 1. The van der Waals surface area contributed by atoms with Crippen LogP contribution in [-0.4, -0.2) is 400 Å². The molecule has 644 valence electrons. The van der Waals surface area contributed by atoms with Crippen LogP contribution in [0.4, 0.5) is 0 Å². The summed E-state index contributed by atoms with van der Waals surface area (Å²) in [6, 6.07) is -5.43. The number of ether oxygens (including phenoxy) is 11. The van der Waals surface area contributed by atoms with Crippen LogP contribution >= 0.6 is 0 Å². The number of aliphatic hydroxyl groups excluding tert-OH is 12. The largest absolute Gasteiger partial charge is 0.480 e. The maximum absolute atomic E-state index is 13.6. The minimum atomic E-state index is -1.50. The van der Waals surface area contributed by atoms with Crippen LogP contribution in [0.5, 0.6) is 0 Å². The molecule has 4 amide bonds. The lowest BCUT2D eigenvalue weighted by molar-refractivity contribution is -0.272. The first-order chi connectivity index (χ1) is 54.8. The zero-order valence-electron chi connectivity index (χ0n) is 64.0. The van der Waals surface area contributed by atoms with E-state index in [1.807, 2.05) is 0 Å². The van der Waals surface area contributed by atoms with Gasteiger partial charge in [0.2, 0.25) is 23.6 Å². The monoisotopic (exact) mass is 1630 g/mol. The minimum Gasteiger partial charge on any atom is -0.480 e. The number of hydrogen-bond donors (Lipinski definition) is 17. The van der Waals surface area contributed by atoms with E-state index in [-0.39, 0.29) is 125 Å². The van der Waals surface area contributed by atoms with E-state index < -0.39 is 184 Å². The van der Waals surface area contributed by atoms with Gasteiger partial charge in [-0.05, 0) is 32.2 Å². The highest BCUT2D eigenvalue weighted by molar-refractivity contribution is 5.75. The van der Waals surface area contributed by atoms with E-state index >= 15 is 0 Å². The van der Waals surface area contributed by atoms with E-state index in [1.165, 1.54) is 37.1 Å². The molecule has 47 heteroatoms. The minimum absolute atomic E-state index is 0.0166. The Morgan fingerprint density at radius 3 is 1.05 bits per heavy atom. The van der Waals surface area contributed by atoms with E-state index in [4.69, 9.17) is 52.1 Å². The normalized spacial score (nSPS) is 28.2. The van der Waals surface area contributed by atoms with Crippen molar-refractivity contribution in [1.29, 1.82) is 0 Å². The maximum atomic E-state index is 13.6. The highest BCUT2D eigenvalue weighted by Crippen LogP contribution is 2.28. The molecule has 17 N–H and O–H groups in total. The van der Waals surface area contributed by atoms with Gasteiger partial charge in [-0.2, -0.15) is 0 Å². The predicted octanol–water partition coefficient (Wildman–Crippen LogP) is -9.91. The van der Waals surface area contributed by atoms with Crippen LogP contribution in [0, 0.1) is 0 Å². The van der Waals surface area contributed by atoms with Crippen molar-refractivity contribution < 1.29 is 142 Å². The van der Waals surface area contributed by atoms with Crippen LogP contribution in [-0.2, 0) is 128 Å². The van der Waals surface area contributed by atoms with Gasteiger partial charge >= 0.3 is 5.97 Å². The molecule has 0 aromatic carbocycles. The molecule has 8 heterocycles. The Morgan fingerprint density at radius 2 is 0.719 bits per heavy atom. The topological polar surface area (TPSA) is 627 Å². The Kier molecular flexibility index (Phi) is 38.4. The Bertz CT molecular complexity index is 3290. The molecule has 4 aromatic heterocycles. The van der Waals surface area contributed by atoms with Crippen molar-refractivity contribution in [3.63, 3.8) is 0 Å². The van der Waals surface area contributed by atoms with Crippen molar-refractivity contribution in [2.75, 3.05) is 106 Å². The summed E-state index contributed by atoms with van der Waals surface area (Å²) in [5.74, 6) is -3.08. The van der Waals surface area contributed by atoms with Gasteiger partial charge in [0.1, 0.15) is 97.4 Å². The molecule has 0 radical (unpaired) electrons. The van der Waals surface area contributed by atoms with Crippen LogP contribution < -0.4 is 21.3 Å². The lowest BCUT2D eigenvalue weighted by atomic mass is 9.90. The average molecular weight is 1630 g/mol. The second kappa shape index (κ2) is 47.3. The number of rotatable bonds is 51. The maximum Gasteiger partial charge on any atom is 0.320 e. The molecule has 4 aliphatic heterocycles. The molecule has 0 spiro atoms. The van der Waals surface area contributed by atoms with Crippen LogP contribution in [0.1, 0.15) is 82.6 Å². The third-order valence-electron chi connectivity index (χ3n) is 19.1. The second-order valence-corrected chi connectivity index (χ2v) is 28.0. The molecule has 114 heavy (non-hydrogen) atoms. The van der Waals surface area contributed by atoms with Gasteiger partial charge in [0.25, 0.3) is 0 Å². The molecule has 47 nitrogen and oxygen atoms in total. The molecule has 0 bridgehead atoms. The number of aromatic nitrogens is 12. The number of nitrogens with zero attached hydrogens (tertiary/aromatic N) is 14. The molecule has 4 aromatic rings. The van der Waals surface area contributed by atoms with Crippen molar-refractivity contribution in [3.8, 4) is 0 Å². The first-order valence-corrected chi connectivity index (χ1v) is 37.8. The van der Waals surface area contributed by atoms with Gasteiger partial charge in [0, 0.05) is 85.3 Å². The number of carboxylic acid groups (broad SMARTS) is 1. The highest BCUT2D eigenvalue weighted by Gasteiger charge is 2.49. The van der Waals surface area contributed by atoms with Crippen molar-refractivity contribution >= 4 is 29.6 Å². The van der Waals surface area contributed by atoms with Crippen molar-refractivity contribution in [1.82, 2.24) is 91.0 Å². The summed E-state index contributed by atoms with van der Waals surface area (Å²) in [4.78, 5) is 64.9. The van der Waals surface area contributed by atoms with E-state index in [2.05, 4.69) is 67.4 Å². The number of aliphatic carboxylic acids is 1.